The van der Waals surface area contributed by atoms with Crippen LogP contribution >= 0.6 is 0 Å². The normalized spacial score (nSPS) is 10.6. The van der Waals surface area contributed by atoms with Crippen LogP contribution in [0.15, 0.2) is 36.9 Å². The number of carboxylic acid groups (broad SMARTS) is 1. The van der Waals surface area contributed by atoms with E-state index in [1.165, 1.54) is 5.56 Å². The molecule has 21 heavy (non-hydrogen) atoms. The summed E-state index contributed by atoms with van der Waals surface area (Å²) in [5.41, 5.74) is 1.19. The van der Waals surface area contributed by atoms with Crippen LogP contribution in [0.4, 0.5) is 0 Å². The van der Waals surface area contributed by atoms with Crippen LogP contribution in [0.2, 0.25) is 0 Å². The van der Waals surface area contributed by atoms with Crippen LogP contribution in [0.5, 0.6) is 5.75 Å². The van der Waals surface area contributed by atoms with Crippen LogP contribution in [0.1, 0.15) is 24.8 Å². The number of hydrogen-bond acceptors (Lipinski definition) is 3. The van der Waals surface area contributed by atoms with E-state index >= 15 is 0 Å². The summed E-state index contributed by atoms with van der Waals surface area (Å²) < 4.78 is 5.69. The molecule has 1 aromatic carbocycles. The van der Waals surface area contributed by atoms with Crippen LogP contribution in [0, 0.1) is 6.92 Å². The van der Waals surface area contributed by atoms with Crippen LogP contribution in [0.25, 0.3) is 0 Å². The molecule has 0 saturated heterocycles. The molecule has 0 unspecified atom stereocenters. The molecule has 0 atom stereocenters. The van der Waals surface area contributed by atoms with Gasteiger partial charge in [0.15, 0.2) is 0 Å². The molecule has 0 saturated carbocycles. The third kappa shape index (κ3) is 8.15. The van der Waals surface area contributed by atoms with Crippen molar-refractivity contribution in [2.45, 2.75) is 26.2 Å². The van der Waals surface area contributed by atoms with Crippen LogP contribution < -0.4 is 4.74 Å². The molecule has 0 aliphatic heterocycles. The zero-order chi connectivity index (χ0) is 15.5. The number of nitrogens with zero attached hydrogens (tertiary/aromatic N) is 1. The number of benzene rings is 1. The third-order valence-corrected chi connectivity index (χ3v) is 3.16. The first-order valence-corrected chi connectivity index (χ1v) is 7.36. The van der Waals surface area contributed by atoms with Gasteiger partial charge in [0.2, 0.25) is 0 Å². The van der Waals surface area contributed by atoms with E-state index in [2.05, 4.69) is 11.5 Å². The van der Waals surface area contributed by atoms with E-state index in [0.29, 0.717) is 13.2 Å². The first kappa shape index (κ1) is 17.2. The Hall–Kier alpha value is -1.81. The Bertz CT molecular complexity index is 445. The predicted molar refractivity (Wildman–Crippen MR) is 84.8 cm³/mol. The number of unbranched alkanes of at least 4 members (excludes halogenated alkanes) is 1. The maximum absolute atomic E-state index is 10.6. The maximum atomic E-state index is 10.6. The lowest BCUT2D eigenvalue weighted by Crippen LogP contribution is -2.28. The third-order valence-electron chi connectivity index (χ3n) is 3.16. The lowest BCUT2D eigenvalue weighted by atomic mass is 10.2. The minimum atomic E-state index is -0.758. The highest BCUT2D eigenvalue weighted by Crippen LogP contribution is 2.12. The van der Waals surface area contributed by atoms with Gasteiger partial charge >= 0.3 is 5.97 Å². The smallest absolute Gasteiger partial charge is 0.304 e. The van der Waals surface area contributed by atoms with Gasteiger partial charge in [0, 0.05) is 13.1 Å². The van der Waals surface area contributed by atoms with Crippen molar-refractivity contribution in [2.75, 3.05) is 26.2 Å². The molecular formula is C17H25NO3. The summed E-state index contributed by atoms with van der Waals surface area (Å²) in [6.07, 6.45) is 3.92. The summed E-state index contributed by atoms with van der Waals surface area (Å²) in [7, 11) is 0. The molecular weight excluding hydrogens is 266 g/mol. The van der Waals surface area contributed by atoms with E-state index in [0.717, 1.165) is 31.7 Å². The van der Waals surface area contributed by atoms with E-state index in [1.807, 2.05) is 37.3 Å². The molecule has 4 nitrogen and oxygen atoms in total. The fourth-order valence-corrected chi connectivity index (χ4v) is 2.06. The Labute approximate surface area is 127 Å². The van der Waals surface area contributed by atoms with Gasteiger partial charge in [-0.3, -0.25) is 9.69 Å². The highest BCUT2D eigenvalue weighted by molar-refractivity contribution is 5.66. The highest BCUT2D eigenvalue weighted by Gasteiger charge is 2.05. The van der Waals surface area contributed by atoms with Crippen LogP contribution in [-0.2, 0) is 4.79 Å². The molecule has 0 amide bonds. The number of aliphatic carboxylic acids is 1. The number of rotatable bonds is 11. The van der Waals surface area contributed by atoms with Gasteiger partial charge in [-0.2, -0.15) is 0 Å². The monoisotopic (exact) mass is 291 g/mol. The fourth-order valence-electron chi connectivity index (χ4n) is 2.06. The summed E-state index contributed by atoms with van der Waals surface area (Å²) in [5.74, 6) is 0.149. The molecule has 0 bridgehead atoms. The Morgan fingerprint density at radius 1 is 1.38 bits per heavy atom. The van der Waals surface area contributed by atoms with Crippen molar-refractivity contribution in [3.8, 4) is 5.75 Å². The Kier molecular flexibility index (Phi) is 8.21. The summed E-state index contributed by atoms with van der Waals surface area (Å²) in [5, 5.41) is 8.72. The summed E-state index contributed by atoms with van der Waals surface area (Å²) in [4.78, 5) is 12.7. The number of ether oxygens (including phenoxy) is 1. The number of hydrogen-bond donors (Lipinski definition) is 1. The molecule has 0 fully saturated rings. The molecule has 0 aliphatic carbocycles. The van der Waals surface area contributed by atoms with E-state index in [4.69, 9.17) is 9.84 Å². The van der Waals surface area contributed by atoms with Crippen molar-refractivity contribution >= 4 is 5.97 Å². The Morgan fingerprint density at radius 3 is 2.86 bits per heavy atom. The van der Waals surface area contributed by atoms with Gasteiger partial charge < -0.3 is 9.84 Å². The van der Waals surface area contributed by atoms with Crippen LogP contribution in [-0.4, -0.2) is 42.2 Å². The molecule has 4 heteroatoms. The summed E-state index contributed by atoms with van der Waals surface area (Å²) in [6, 6.07) is 8.02. The number of carboxylic acids is 1. The lowest BCUT2D eigenvalue weighted by Gasteiger charge is -2.19. The highest BCUT2D eigenvalue weighted by atomic mass is 16.5. The van der Waals surface area contributed by atoms with Crippen molar-refractivity contribution < 1.29 is 14.6 Å². The molecule has 0 aromatic heterocycles. The zero-order valence-corrected chi connectivity index (χ0v) is 12.8. The lowest BCUT2D eigenvalue weighted by molar-refractivity contribution is -0.137. The standard InChI is InChI=1S/C17H25NO3/c1-3-10-18(12-9-17(19)20)11-4-5-13-21-16-8-6-7-15(2)14-16/h3,6-8,14H,1,4-5,9-13H2,2H3,(H,19,20). The largest absolute Gasteiger partial charge is 0.494 e. The van der Waals surface area contributed by atoms with E-state index < -0.39 is 5.97 Å². The number of aryl methyl sites for hydroxylation is 1. The molecule has 0 radical (unpaired) electrons. The maximum Gasteiger partial charge on any atom is 0.304 e. The Balaban J connectivity index is 2.18. The summed E-state index contributed by atoms with van der Waals surface area (Å²) >= 11 is 0. The molecule has 1 aromatic rings. The van der Waals surface area contributed by atoms with Gasteiger partial charge in [0.05, 0.1) is 13.0 Å². The molecule has 116 valence electrons. The van der Waals surface area contributed by atoms with Gasteiger partial charge in [-0.05, 0) is 44.0 Å². The second-order valence-corrected chi connectivity index (χ2v) is 5.11. The first-order chi connectivity index (χ1) is 10.1. The zero-order valence-electron chi connectivity index (χ0n) is 12.8. The molecule has 0 spiro atoms. The molecule has 0 heterocycles. The number of carbonyl (C=O) groups is 1. The van der Waals surface area contributed by atoms with Gasteiger partial charge in [0.1, 0.15) is 5.75 Å². The molecule has 1 N–H and O–H groups in total. The second-order valence-electron chi connectivity index (χ2n) is 5.11. The second kappa shape index (κ2) is 10.00. The predicted octanol–water partition coefficient (Wildman–Crippen LogP) is 3.12. The van der Waals surface area contributed by atoms with Gasteiger partial charge in [0.25, 0.3) is 0 Å². The SMILES string of the molecule is C=CCN(CCCCOc1cccc(C)c1)CCC(=O)O. The van der Waals surface area contributed by atoms with Crippen molar-refractivity contribution in [1.82, 2.24) is 4.90 Å². The minimum absolute atomic E-state index is 0.174. The van der Waals surface area contributed by atoms with Gasteiger partial charge in [-0.1, -0.05) is 18.2 Å². The van der Waals surface area contributed by atoms with Crippen molar-refractivity contribution in [3.05, 3.63) is 42.5 Å². The fraction of sp³-hybridized carbons (Fsp3) is 0.471. The average Bonchev–Trinajstić information content (AvgIpc) is 2.44. The summed E-state index contributed by atoms with van der Waals surface area (Å²) in [6.45, 7) is 8.60. The van der Waals surface area contributed by atoms with E-state index in [1.54, 1.807) is 0 Å². The van der Waals surface area contributed by atoms with Crippen molar-refractivity contribution in [2.24, 2.45) is 0 Å². The van der Waals surface area contributed by atoms with E-state index in [-0.39, 0.29) is 6.42 Å². The average molecular weight is 291 g/mol. The molecule has 1 rings (SSSR count). The first-order valence-electron chi connectivity index (χ1n) is 7.36. The topological polar surface area (TPSA) is 49.8 Å². The quantitative estimate of drug-likeness (QED) is 0.503. The van der Waals surface area contributed by atoms with Gasteiger partial charge in [-0.15, -0.1) is 6.58 Å². The molecule has 0 aliphatic rings. The minimum Gasteiger partial charge on any atom is -0.494 e. The van der Waals surface area contributed by atoms with Crippen LogP contribution in [0.3, 0.4) is 0 Å². The van der Waals surface area contributed by atoms with E-state index in [9.17, 15) is 4.79 Å². The van der Waals surface area contributed by atoms with Crippen molar-refractivity contribution in [3.63, 3.8) is 0 Å². The van der Waals surface area contributed by atoms with Gasteiger partial charge in [-0.25, -0.2) is 0 Å². The Morgan fingerprint density at radius 2 is 2.19 bits per heavy atom. The van der Waals surface area contributed by atoms with Crippen molar-refractivity contribution in [1.29, 1.82) is 0 Å².